The van der Waals surface area contributed by atoms with E-state index in [9.17, 15) is 9.59 Å². The van der Waals surface area contributed by atoms with Gasteiger partial charge in [0.05, 0.1) is 5.69 Å². The first-order valence-electron chi connectivity index (χ1n) is 8.20. The molecule has 132 valence electrons. The quantitative estimate of drug-likeness (QED) is 0.768. The molecule has 0 unspecified atom stereocenters. The lowest BCUT2D eigenvalue weighted by atomic mass is 10.1. The number of hydrogen-bond donors (Lipinski definition) is 1. The molecule has 3 rings (SSSR count). The minimum atomic E-state index is -0.278. The second-order valence-corrected chi connectivity index (χ2v) is 5.77. The van der Waals surface area contributed by atoms with Crippen LogP contribution in [0.4, 0.5) is 5.69 Å². The number of aromatic nitrogens is 3. The Hall–Kier alpha value is -3.48. The Balaban J connectivity index is 1.78. The summed E-state index contributed by atoms with van der Waals surface area (Å²) >= 11 is 0. The van der Waals surface area contributed by atoms with E-state index in [1.807, 2.05) is 25.1 Å². The van der Waals surface area contributed by atoms with Gasteiger partial charge in [0.25, 0.3) is 11.8 Å². The van der Waals surface area contributed by atoms with Crippen molar-refractivity contribution in [2.24, 2.45) is 0 Å². The number of benzene rings is 2. The summed E-state index contributed by atoms with van der Waals surface area (Å²) in [5.74, 6) is -0.392. The van der Waals surface area contributed by atoms with Crippen LogP contribution < -0.4 is 5.32 Å². The Morgan fingerprint density at radius 1 is 1.04 bits per heavy atom. The molecule has 0 spiro atoms. The molecule has 2 aromatic carbocycles. The minimum Gasteiger partial charge on any atom is -0.342 e. The number of amides is 2. The summed E-state index contributed by atoms with van der Waals surface area (Å²) in [6.45, 7) is 2.50. The summed E-state index contributed by atoms with van der Waals surface area (Å²) in [5.41, 5.74) is 2.39. The largest absolute Gasteiger partial charge is 0.342 e. The van der Waals surface area contributed by atoms with Gasteiger partial charge >= 0.3 is 0 Å². The number of carbonyl (C=O) groups excluding carboxylic acids is 2. The topological polar surface area (TPSA) is 80.1 Å². The van der Waals surface area contributed by atoms with Crippen molar-refractivity contribution in [1.29, 1.82) is 0 Å². The smallest absolute Gasteiger partial charge is 0.255 e. The maximum atomic E-state index is 12.6. The zero-order chi connectivity index (χ0) is 18.5. The first-order valence-corrected chi connectivity index (χ1v) is 8.20. The van der Waals surface area contributed by atoms with Gasteiger partial charge in [-0.3, -0.25) is 14.2 Å². The Labute approximate surface area is 151 Å². The predicted molar refractivity (Wildman–Crippen MR) is 98.4 cm³/mol. The van der Waals surface area contributed by atoms with Crippen molar-refractivity contribution in [1.82, 2.24) is 19.7 Å². The lowest BCUT2D eigenvalue weighted by Crippen LogP contribution is -2.26. The molecule has 0 aliphatic carbocycles. The van der Waals surface area contributed by atoms with Crippen molar-refractivity contribution in [2.45, 2.75) is 6.92 Å². The van der Waals surface area contributed by atoms with Gasteiger partial charge in [0, 0.05) is 30.4 Å². The van der Waals surface area contributed by atoms with Crippen LogP contribution in [0.25, 0.3) is 5.69 Å². The first-order chi connectivity index (χ1) is 12.6. The molecule has 0 radical (unpaired) electrons. The summed E-state index contributed by atoms with van der Waals surface area (Å²) in [7, 11) is 1.73. The third-order valence-electron chi connectivity index (χ3n) is 4.01. The number of rotatable bonds is 5. The van der Waals surface area contributed by atoms with E-state index in [0.717, 1.165) is 5.69 Å². The van der Waals surface area contributed by atoms with Crippen LogP contribution in [0.1, 0.15) is 27.6 Å². The highest BCUT2D eigenvalue weighted by molar-refractivity contribution is 6.06. The second-order valence-electron chi connectivity index (χ2n) is 5.77. The number of anilines is 1. The van der Waals surface area contributed by atoms with E-state index in [0.29, 0.717) is 23.4 Å². The Morgan fingerprint density at radius 2 is 1.73 bits per heavy atom. The van der Waals surface area contributed by atoms with Gasteiger partial charge in [-0.1, -0.05) is 12.1 Å². The molecule has 1 N–H and O–H groups in total. The highest BCUT2D eigenvalue weighted by atomic mass is 16.2. The fourth-order valence-electron chi connectivity index (χ4n) is 2.44. The summed E-state index contributed by atoms with van der Waals surface area (Å²) in [6.07, 6.45) is 3.17. The molecular weight excluding hydrogens is 330 g/mol. The van der Waals surface area contributed by atoms with Crippen LogP contribution in [0.3, 0.4) is 0 Å². The van der Waals surface area contributed by atoms with Gasteiger partial charge < -0.3 is 10.2 Å². The van der Waals surface area contributed by atoms with E-state index in [4.69, 9.17) is 0 Å². The van der Waals surface area contributed by atoms with Gasteiger partial charge in [-0.25, -0.2) is 0 Å². The van der Waals surface area contributed by atoms with Crippen LogP contribution in [-0.2, 0) is 0 Å². The molecule has 7 nitrogen and oxygen atoms in total. The summed E-state index contributed by atoms with van der Waals surface area (Å²) in [6, 6.07) is 14.0. The summed E-state index contributed by atoms with van der Waals surface area (Å²) < 4.78 is 1.75. The zero-order valence-corrected chi connectivity index (χ0v) is 14.6. The SMILES string of the molecule is CCN(C)C(=O)c1cccc(C(=O)Nc2cccc(-n3cnnc3)c2)c1. The van der Waals surface area contributed by atoms with Gasteiger partial charge in [0.1, 0.15) is 12.7 Å². The molecule has 0 bridgehead atoms. The van der Waals surface area contributed by atoms with Crippen LogP contribution in [0.2, 0.25) is 0 Å². The molecule has 0 aliphatic heterocycles. The minimum absolute atomic E-state index is 0.114. The Kier molecular flexibility index (Phi) is 5.07. The Morgan fingerprint density at radius 3 is 2.46 bits per heavy atom. The normalized spacial score (nSPS) is 10.4. The van der Waals surface area contributed by atoms with Crippen LogP contribution in [0, 0.1) is 0 Å². The number of nitrogens with zero attached hydrogens (tertiary/aromatic N) is 4. The molecule has 0 atom stereocenters. The number of nitrogens with one attached hydrogen (secondary N) is 1. The number of hydrogen-bond acceptors (Lipinski definition) is 4. The van der Waals surface area contributed by atoms with Crippen LogP contribution in [0.5, 0.6) is 0 Å². The van der Waals surface area contributed by atoms with Gasteiger partial charge in [-0.05, 0) is 43.3 Å². The van der Waals surface area contributed by atoms with Gasteiger partial charge in [0.2, 0.25) is 0 Å². The van der Waals surface area contributed by atoms with Crippen molar-refractivity contribution in [3.05, 3.63) is 72.3 Å². The third kappa shape index (κ3) is 3.77. The lowest BCUT2D eigenvalue weighted by molar-refractivity contribution is 0.0802. The highest BCUT2D eigenvalue weighted by Crippen LogP contribution is 2.16. The van der Waals surface area contributed by atoms with E-state index in [2.05, 4.69) is 15.5 Å². The van der Waals surface area contributed by atoms with Crippen molar-refractivity contribution in [3.63, 3.8) is 0 Å². The van der Waals surface area contributed by atoms with Gasteiger partial charge in [0.15, 0.2) is 0 Å². The van der Waals surface area contributed by atoms with Crippen LogP contribution >= 0.6 is 0 Å². The number of carbonyl (C=O) groups is 2. The van der Waals surface area contributed by atoms with E-state index in [1.54, 1.807) is 59.5 Å². The molecule has 3 aromatic rings. The molecule has 0 aliphatic rings. The van der Waals surface area contributed by atoms with Crippen molar-refractivity contribution in [3.8, 4) is 5.69 Å². The average Bonchev–Trinajstić information content (AvgIpc) is 3.22. The molecule has 26 heavy (non-hydrogen) atoms. The molecule has 0 saturated heterocycles. The van der Waals surface area contributed by atoms with Gasteiger partial charge in [-0.15, -0.1) is 10.2 Å². The van der Waals surface area contributed by atoms with E-state index < -0.39 is 0 Å². The second kappa shape index (κ2) is 7.60. The monoisotopic (exact) mass is 349 g/mol. The molecular formula is C19H19N5O2. The van der Waals surface area contributed by atoms with E-state index in [1.165, 1.54) is 0 Å². The van der Waals surface area contributed by atoms with Crippen LogP contribution in [0.15, 0.2) is 61.2 Å². The standard InChI is InChI=1S/C19H19N5O2/c1-3-23(2)19(26)15-7-4-6-14(10-15)18(25)22-16-8-5-9-17(11-16)24-12-20-21-13-24/h4-13H,3H2,1-2H3,(H,22,25). The Bertz CT molecular complexity index is 921. The lowest BCUT2D eigenvalue weighted by Gasteiger charge is -2.15. The molecule has 0 fully saturated rings. The highest BCUT2D eigenvalue weighted by Gasteiger charge is 2.13. The fraction of sp³-hybridized carbons (Fsp3) is 0.158. The molecule has 1 aromatic heterocycles. The summed E-state index contributed by atoms with van der Waals surface area (Å²) in [4.78, 5) is 26.4. The van der Waals surface area contributed by atoms with E-state index >= 15 is 0 Å². The first kappa shape index (κ1) is 17.3. The van der Waals surface area contributed by atoms with Crippen molar-refractivity contribution in [2.75, 3.05) is 18.9 Å². The zero-order valence-electron chi connectivity index (χ0n) is 14.6. The van der Waals surface area contributed by atoms with Crippen molar-refractivity contribution < 1.29 is 9.59 Å². The summed E-state index contributed by atoms with van der Waals surface area (Å²) in [5, 5.41) is 10.4. The maximum absolute atomic E-state index is 12.6. The van der Waals surface area contributed by atoms with Crippen LogP contribution in [-0.4, -0.2) is 45.1 Å². The third-order valence-corrected chi connectivity index (χ3v) is 4.01. The average molecular weight is 349 g/mol. The molecule has 7 heteroatoms. The maximum Gasteiger partial charge on any atom is 0.255 e. The fourth-order valence-corrected chi connectivity index (χ4v) is 2.44. The molecule has 1 heterocycles. The molecule has 0 saturated carbocycles. The molecule has 2 amide bonds. The predicted octanol–water partition coefficient (Wildman–Crippen LogP) is 2.61. The van der Waals surface area contributed by atoms with Gasteiger partial charge in [-0.2, -0.15) is 0 Å². The van der Waals surface area contributed by atoms with E-state index in [-0.39, 0.29) is 11.8 Å². The van der Waals surface area contributed by atoms with Crippen molar-refractivity contribution >= 4 is 17.5 Å².